The highest BCUT2D eigenvalue weighted by Gasteiger charge is 2.40. The fourth-order valence-electron chi connectivity index (χ4n) is 2.00. The summed E-state index contributed by atoms with van der Waals surface area (Å²) in [7, 11) is 0. The molecule has 1 N–H and O–H groups in total. The predicted octanol–water partition coefficient (Wildman–Crippen LogP) is 1.50. The van der Waals surface area contributed by atoms with Crippen LogP contribution in [0.3, 0.4) is 0 Å². The van der Waals surface area contributed by atoms with Crippen LogP contribution in [-0.4, -0.2) is 24.3 Å². The van der Waals surface area contributed by atoms with Gasteiger partial charge in [0.05, 0.1) is 17.3 Å². The van der Waals surface area contributed by atoms with Crippen molar-refractivity contribution in [1.82, 2.24) is 5.32 Å². The molecule has 1 aliphatic rings. The second-order valence-corrected chi connectivity index (χ2v) is 4.39. The van der Waals surface area contributed by atoms with Gasteiger partial charge >= 0.3 is 6.09 Å². The maximum Gasteiger partial charge on any atom is 0.416 e. The molecule has 7 heteroatoms. The number of ether oxygens (including phenoxy) is 1. The van der Waals surface area contributed by atoms with E-state index in [9.17, 15) is 14.0 Å². The molecule has 1 saturated heterocycles. The quantitative estimate of drug-likeness (QED) is 0.888. The molecule has 1 fully saturated rings. The number of nitrogens with zero attached hydrogens (tertiary/aromatic N) is 2. The van der Waals surface area contributed by atoms with Crippen molar-refractivity contribution in [3.05, 3.63) is 29.6 Å². The molecule has 6 nitrogen and oxygen atoms in total. The monoisotopic (exact) mass is 277 g/mol. The molecule has 104 valence electrons. The zero-order valence-electron chi connectivity index (χ0n) is 10.9. The van der Waals surface area contributed by atoms with Gasteiger partial charge in [-0.2, -0.15) is 5.26 Å². The van der Waals surface area contributed by atoms with Crippen LogP contribution in [0.2, 0.25) is 0 Å². The van der Waals surface area contributed by atoms with Crippen molar-refractivity contribution in [2.75, 3.05) is 4.90 Å². The topological polar surface area (TPSA) is 82.4 Å². The van der Waals surface area contributed by atoms with E-state index in [0.29, 0.717) is 0 Å². The Bertz CT molecular complexity index is 611. The smallest absolute Gasteiger partial charge is 0.416 e. The predicted molar refractivity (Wildman–Crippen MR) is 67.1 cm³/mol. The van der Waals surface area contributed by atoms with Crippen LogP contribution in [0.15, 0.2) is 18.2 Å². The summed E-state index contributed by atoms with van der Waals surface area (Å²) in [5.41, 5.74) is 0.166. The molecule has 1 heterocycles. The largest absolute Gasteiger partial charge is 0.423 e. The lowest BCUT2D eigenvalue weighted by Crippen LogP contribution is -2.43. The molecule has 2 amide bonds. The molecular formula is C13H12FN3O3. The Kier molecular flexibility index (Phi) is 3.57. The average molecular weight is 277 g/mol. The number of benzene rings is 1. The lowest BCUT2D eigenvalue weighted by Gasteiger charge is -2.20. The first-order chi connectivity index (χ1) is 9.43. The number of rotatable bonds is 2. The van der Waals surface area contributed by atoms with Gasteiger partial charge in [-0.15, -0.1) is 0 Å². The van der Waals surface area contributed by atoms with Gasteiger partial charge in [-0.25, -0.2) is 9.18 Å². The Morgan fingerprint density at radius 3 is 2.80 bits per heavy atom. The number of hydrogen-bond donors (Lipinski definition) is 1. The molecule has 1 unspecified atom stereocenters. The molecule has 1 aliphatic heterocycles. The molecule has 0 saturated carbocycles. The summed E-state index contributed by atoms with van der Waals surface area (Å²) in [5.74, 6) is -1.05. The molecule has 2 rings (SSSR count). The zero-order chi connectivity index (χ0) is 14.9. The number of amides is 2. The minimum absolute atomic E-state index is 0.104. The van der Waals surface area contributed by atoms with Crippen LogP contribution in [0.1, 0.15) is 19.4 Å². The number of carbonyl (C=O) groups is 2. The molecule has 1 aromatic rings. The Morgan fingerprint density at radius 2 is 2.25 bits per heavy atom. The van der Waals surface area contributed by atoms with Gasteiger partial charge in [0.15, 0.2) is 6.23 Å². The third-order valence-corrected chi connectivity index (χ3v) is 2.97. The van der Waals surface area contributed by atoms with Crippen LogP contribution in [0, 0.1) is 17.1 Å². The van der Waals surface area contributed by atoms with E-state index >= 15 is 0 Å². The van der Waals surface area contributed by atoms with Gasteiger partial charge in [0.1, 0.15) is 11.9 Å². The summed E-state index contributed by atoms with van der Waals surface area (Å²) in [6, 6.07) is 5.05. The number of carbonyl (C=O) groups excluding carboxylic acids is 2. The van der Waals surface area contributed by atoms with E-state index in [4.69, 9.17) is 10.00 Å². The first kappa shape index (κ1) is 13.8. The summed E-state index contributed by atoms with van der Waals surface area (Å²) in [5, 5.41) is 11.2. The zero-order valence-corrected chi connectivity index (χ0v) is 10.9. The highest BCUT2D eigenvalue weighted by molar-refractivity contribution is 5.91. The standard InChI is InChI=1S/C13H12FN3O3/c1-7-12(16-8(2)18)20-13(19)17(7)10-4-3-9(6-15)11(14)5-10/h3-5,7,12H,1-2H3,(H,16,18)/t7?,12-/m0/s1. The summed E-state index contributed by atoms with van der Waals surface area (Å²) >= 11 is 0. The Hall–Kier alpha value is -2.62. The Morgan fingerprint density at radius 1 is 1.55 bits per heavy atom. The van der Waals surface area contributed by atoms with Gasteiger partial charge in [-0.05, 0) is 25.1 Å². The highest BCUT2D eigenvalue weighted by Crippen LogP contribution is 2.27. The van der Waals surface area contributed by atoms with E-state index < -0.39 is 24.2 Å². The molecule has 0 aromatic heterocycles. The molecule has 0 spiro atoms. The van der Waals surface area contributed by atoms with Crippen molar-refractivity contribution in [1.29, 1.82) is 5.26 Å². The van der Waals surface area contributed by atoms with Gasteiger partial charge in [-0.1, -0.05) is 0 Å². The van der Waals surface area contributed by atoms with Crippen molar-refractivity contribution in [2.24, 2.45) is 0 Å². The van der Waals surface area contributed by atoms with Gasteiger partial charge in [0, 0.05) is 6.92 Å². The number of nitriles is 1. The van der Waals surface area contributed by atoms with E-state index in [1.54, 1.807) is 13.0 Å². The molecule has 20 heavy (non-hydrogen) atoms. The Labute approximate surface area is 114 Å². The third-order valence-electron chi connectivity index (χ3n) is 2.97. The normalized spacial score (nSPS) is 21.3. The maximum absolute atomic E-state index is 13.6. The number of nitrogens with one attached hydrogen (secondary N) is 1. The van der Waals surface area contributed by atoms with Crippen molar-refractivity contribution in [3.8, 4) is 6.07 Å². The average Bonchev–Trinajstić information content (AvgIpc) is 2.63. The second-order valence-electron chi connectivity index (χ2n) is 4.39. The molecule has 0 bridgehead atoms. The minimum Gasteiger partial charge on any atom is -0.423 e. The second kappa shape index (κ2) is 5.17. The summed E-state index contributed by atoms with van der Waals surface area (Å²) in [4.78, 5) is 24.1. The van der Waals surface area contributed by atoms with Crippen LogP contribution in [-0.2, 0) is 9.53 Å². The van der Waals surface area contributed by atoms with Crippen molar-refractivity contribution in [2.45, 2.75) is 26.1 Å². The van der Waals surface area contributed by atoms with E-state index in [1.807, 2.05) is 0 Å². The number of anilines is 1. The summed E-state index contributed by atoms with van der Waals surface area (Å²) in [6.45, 7) is 2.98. The van der Waals surface area contributed by atoms with Gasteiger partial charge in [-0.3, -0.25) is 9.69 Å². The first-order valence-corrected chi connectivity index (χ1v) is 5.90. The van der Waals surface area contributed by atoms with Crippen LogP contribution in [0.4, 0.5) is 14.9 Å². The number of cyclic esters (lactones) is 1. The van der Waals surface area contributed by atoms with Crippen LogP contribution in [0.5, 0.6) is 0 Å². The van der Waals surface area contributed by atoms with Gasteiger partial charge < -0.3 is 10.1 Å². The molecule has 1 aromatic carbocycles. The molecule has 2 atom stereocenters. The van der Waals surface area contributed by atoms with E-state index in [-0.39, 0.29) is 17.2 Å². The Balaban J connectivity index is 2.29. The summed E-state index contributed by atoms with van der Waals surface area (Å²) < 4.78 is 18.6. The van der Waals surface area contributed by atoms with Crippen molar-refractivity contribution in [3.63, 3.8) is 0 Å². The van der Waals surface area contributed by atoms with Crippen LogP contribution >= 0.6 is 0 Å². The molecule has 0 aliphatic carbocycles. The third kappa shape index (κ3) is 2.40. The van der Waals surface area contributed by atoms with Gasteiger partial charge in [0.2, 0.25) is 5.91 Å². The fourth-order valence-corrected chi connectivity index (χ4v) is 2.00. The fraction of sp³-hybridized carbons (Fsp3) is 0.308. The molecular weight excluding hydrogens is 265 g/mol. The number of halogens is 1. The maximum atomic E-state index is 13.6. The van der Waals surface area contributed by atoms with E-state index in [0.717, 1.165) is 6.07 Å². The lowest BCUT2D eigenvalue weighted by atomic mass is 10.1. The lowest BCUT2D eigenvalue weighted by molar-refractivity contribution is -0.121. The molecule has 0 radical (unpaired) electrons. The minimum atomic E-state index is -0.793. The SMILES string of the molecule is CC(=O)N[C@H]1OC(=O)N(c2ccc(C#N)c(F)c2)C1C. The van der Waals surface area contributed by atoms with Crippen LogP contribution < -0.4 is 10.2 Å². The summed E-state index contributed by atoms with van der Waals surface area (Å²) in [6.07, 6.45) is -1.47. The van der Waals surface area contributed by atoms with Crippen molar-refractivity contribution < 1.29 is 18.7 Å². The van der Waals surface area contributed by atoms with E-state index in [2.05, 4.69) is 5.32 Å². The first-order valence-electron chi connectivity index (χ1n) is 5.90. The number of hydrogen-bond acceptors (Lipinski definition) is 4. The highest BCUT2D eigenvalue weighted by atomic mass is 19.1. The van der Waals surface area contributed by atoms with E-state index in [1.165, 1.54) is 24.0 Å². The van der Waals surface area contributed by atoms with Crippen LogP contribution in [0.25, 0.3) is 0 Å². The van der Waals surface area contributed by atoms with Gasteiger partial charge in [0.25, 0.3) is 0 Å². The van der Waals surface area contributed by atoms with Crippen molar-refractivity contribution >= 4 is 17.7 Å².